The van der Waals surface area contributed by atoms with Crippen molar-refractivity contribution in [2.45, 2.75) is 77.0 Å². The highest BCUT2D eigenvalue weighted by Gasteiger charge is 2.30. The van der Waals surface area contributed by atoms with Gasteiger partial charge in [0.2, 0.25) is 17.7 Å². The van der Waals surface area contributed by atoms with Crippen molar-refractivity contribution in [2.24, 2.45) is 11.8 Å². The summed E-state index contributed by atoms with van der Waals surface area (Å²) in [5, 5.41) is 8.85. The van der Waals surface area contributed by atoms with Crippen molar-refractivity contribution in [3.05, 3.63) is 30.3 Å². The van der Waals surface area contributed by atoms with Gasteiger partial charge in [-0.25, -0.2) is 9.78 Å². The van der Waals surface area contributed by atoms with Gasteiger partial charge in [0, 0.05) is 37.2 Å². The maximum atomic E-state index is 13.0. The molecule has 3 heterocycles. The zero-order chi connectivity index (χ0) is 32.0. The average molecular weight is 625 g/mol. The third kappa shape index (κ3) is 8.78. The molecular weight excluding hydrogens is 580 g/mol. The molecule has 2 aromatic rings. The number of aromatic nitrogens is 1. The van der Waals surface area contributed by atoms with E-state index < -0.39 is 11.7 Å². The Morgan fingerprint density at radius 2 is 1.84 bits per heavy atom. The van der Waals surface area contributed by atoms with Crippen molar-refractivity contribution >= 4 is 23.6 Å². The highest BCUT2D eigenvalue weighted by molar-refractivity contribution is 5.92. The predicted octanol–water partition coefficient (Wildman–Crippen LogP) is 4.46. The summed E-state index contributed by atoms with van der Waals surface area (Å²) >= 11 is 0. The van der Waals surface area contributed by atoms with Gasteiger partial charge in [-0.05, 0) is 83.1 Å². The minimum absolute atomic E-state index is 0.00948. The summed E-state index contributed by atoms with van der Waals surface area (Å²) in [5.41, 5.74) is 1.20. The highest BCUT2D eigenvalue weighted by atomic mass is 16.6. The molecule has 1 saturated heterocycles. The lowest BCUT2D eigenvalue weighted by molar-refractivity contribution is -0.128. The summed E-state index contributed by atoms with van der Waals surface area (Å²) in [5.74, 6) is 1.36. The molecule has 1 saturated carbocycles. The fraction of sp³-hybridized carbons (Fsp3) is 0.576. The third-order valence-corrected chi connectivity index (χ3v) is 8.12. The zero-order valence-electron chi connectivity index (χ0n) is 26.5. The Labute approximate surface area is 263 Å². The van der Waals surface area contributed by atoms with Crippen LogP contribution in [0.15, 0.2) is 30.3 Å². The molecule has 1 aliphatic carbocycles. The van der Waals surface area contributed by atoms with Crippen LogP contribution in [0.4, 0.5) is 10.5 Å². The fourth-order valence-corrected chi connectivity index (χ4v) is 5.93. The number of benzene rings is 1. The number of pyridine rings is 1. The van der Waals surface area contributed by atoms with E-state index in [2.05, 4.69) is 20.9 Å². The van der Waals surface area contributed by atoms with Crippen molar-refractivity contribution < 1.29 is 38.1 Å². The first-order chi connectivity index (χ1) is 21.6. The van der Waals surface area contributed by atoms with Crippen molar-refractivity contribution in [2.75, 3.05) is 38.8 Å². The standard InChI is InChI=1S/C33H44N4O8/c1-33(2,3)45-32(40)35-22-9-8-20(16-22)17-28(38)36-26-11-10-25(37-31(26)41-4)24-6-5-7-27-29(24)44-23(19-43-27)18-34-30(39)21-12-14-42-15-13-21/h5-7,10-11,20-23H,8-9,12-19H2,1-4H3,(H,34,39)(H,35,40)(H,36,38)/t20-,22+,23?/m0/s1. The number of fused-ring (bicyclic) bond motifs is 1. The third-order valence-electron chi connectivity index (χ3n) is 8.12. The number of anilines is 1. The van der Waals surface area contributed by atoms with Crippen molar-refractivity contribution in [1.82, 2.24) is 15.6 Å². The number of alkyl carbamates (subject to hydrolysis) is 1. The minimum atomic E-state index is -0.558. The number of ether oxygens (including phenoxy) is 5. The molecule has 1 unspecified atom stereocenters. The van der Waals surface area contributed by atoms with Crippen molar-refractivity contribution in [3.63, 3.8) is 0 Å². The van der Waals surface area contributed by atoms with E-state index in [0.29, 0.717) is 67.7 Å². The lowest BCUT2D eigenvalue weighted by atomic mass is 9.99. The lowest BCUT2D eigenvalue weighted by Crippen LogP contribution is -2.43. The number of amides is 3. The number of methoxy groups -OCH3 is 1. The summed E-state index contributed by atoms with van der Waals surface area (Å²) in [6, 6.07) is 9.12. The van der Waals surface area contributed by atoms with Crippen LogP contribution in [0.25, 0.3) is 11.3 Å². The van der Waals surface area contributed by atoms with Gasteiger partial charge in [-0.1, -0.05) is 6.07 Å². The van der Waals surface area contributed by atoms with E-state index in [9.17, 15) is 14.4 Å². The molecule has 3 N–H and O–H groups in total. The van der Waals surface area contributed by atoms with E-state index in [1.807, 2.05) is 39.0 Å². The van der Waals surface area contributed by atoms with Crippen molar-refractivity contribution in [3.8, 4) is 28.6 Å². The van der Waals surface area contributed by atoms with Gasteiger partial charge < -0.3 is 39.6 Å². The van der Waals surface area contributed by atoms with Gasteiger partial charge in [0.1, 0.15) is 24.0 Å². The van der Waals surface area contributed by atoms with Crippen molar-refractivity contribution in [1.29, 1.82) is 0 Å². The first kappa shape index (κ1) is 32.3. The summed E-state index contributed by atoms with van der Waals surface area (Å²) in [6.07, 6.45) is 3.31. The van der Waals surface area contributed by atoms with Gasteiger partial charge in [-0.15, -0.1) is 0 Å². The Balaban J connectivity index is 1.18. The molecule has 12 heteroatoms. The van der Waals surface area contributed by atoms with Crippen LogP contribution in [0.1, 0.15) is 59.3 Å². The maximum absolute atomic E-state index is 13.0. The molecule has 2 aliphatic heterocycles. The monoisotopic (exact) mass is 624 g/mol. The van der Waals surface area contributed by atoms with Gasteiger partial charge in [0.15, 0.2) is 11.5 Å². The van der Waals surface area contributed by atoms with E-state index in [1.54, 1.807) is 12.1 Å². The molecule has 3 aliphatic rings. The minimum Gasteiger partial charge on any atom is -0.486 e. The molecule has 0 bridgehead atoms. The Bertz CT molecular complexity index is 1370. The zero-order valence-corrected chi connectivity index (χ0v) is 26.5. The summed E-state index contributed by atoms with van der Waals surface area (Å²) in [4.78, 5) is 42.4. The SMILES string of the molecule is COc1nc(-c2cccc3c2OC(CNC(=O)C2CCOCC2)CO3)ccc1NC(=O)C[C@H]1CC[C@@H](NC(=O)OC(C)(C)C)C1. The normalized spacial score (nSPS) is 21.5. The number of para-hydroxylation sites is 1. The molecule has 5 rings (SSSR count). The highest BCUT2D eigenvalue weighted by Crippen LogP contribution is 2.41. The lowest BCUT2D eigenvalue weighted by Gasteiger charge is -2.29. The molecular formula is C33H44N4O8. The van der Waals surface area contributed by atoms with Crippen LogP contribution >= 0.6 is 0 Å². The molecule has 244 valence electrons. The molecule has 1 aromatic heterocycles. The first-order valence-corrected chi connectivity index (χ1v) is 15.7. The number of carbonyl (C=O) groups excluding carboxylic acids is 3. The molecule has 3 amide bonds. The Morgan fingerprint density at radius 1 is 1.04 bits per heavy atom. The van der Waals surface area contributed by atoms with Crippen LogP contribution in [-0.2, 0) is 19.1 Å². The van der Waals surface area contributed by atoms with Crippen LogP contribution in [-0.4, -0.2) is 74.1 Å². The Morgan fingerprint density at radius 3 is 2.60 bits per heavy atom. The topological polar surface area (TPSA) is 146 Å². The van der Waals surface area contributed by atoms with E-state index in [4.69, 9.17) is 23.7 Å². The quantitative estimate of drug-likeness (QED) is 0.368. The molecule has 45 heavy (non-hydrogen) atoms. The second-order valence-corrected chi connectivity index (χ2v) is 12.8. The van der Waals surface area contributed by atoms with Crippen LogP contribution in [0.5, 0.6) is 17.4 Å². The van der Waals surface area contributed by atoms with Gasteiger partial charge >= 0.3 is 6.09 Å². The number of hydrogen-bond acceptors (Lipinski definition) is 9. The van der Waals surface area contributed by atoms with E-state index >= 15 is 0 Å². The largest absolute Gasteiger partial charge is 0.486 e. The summed E-state index contributed by atoms with van der Waals surface area (Å²) < 4.78 is 28.5. The van der Waals surface area contributed by atoms with Gasteiger partial charge in [-0.2, -0.15) is 0 Å². The van der Waals surface area contributed by atoms with E-state index in [1.165, 1.54) is 7.11 Å². The molecule has 0 spiro atoms. The van der Waals surface area contributed by atoms with Gasteiger partial charge in [0.25, 0.3) is 0 Å². The van der Waals surface area contributed by atoms with Gasteiger partial charge in [0.05, 0.1) is 19.3 Å². The van der Waals surface area contributed by atoms with Crippen LogP contribution in [0, 0.1) is 11.8 Å². The second-order valence-electron chi connectivity index (χ2n) is 12.8. The van der Waals surface area contributed by atoms with E-state index in [-0.39, 0.29) is 41.7 Å². The predicted molar refractivity (Wildman–Crippen MR) is 166 cm³/mol. The summed E-state index contributed by atoms with van der Waals surface area (Å²) in [7, 11) is 1.50. The molecule has 0 radical (unpaired) electrons. The van der Waals surface area contributed by atoms with Crippen LogP contribution in [0.3, 0.4) is 0 Å². The number of carbonyl (C=O) groups is 3. The van der Waals surface area contributed by atoms with Crippen LogP contribution < -0.4 is 30.2 Å². The smallest absolute Gasteiger partial charge is 0.407 e. The average Bonchev–Trinajstić information content (AvgIpc) is 3.45. The number of hydrogen-bond donors (Lipinski definition) is 3. The number of rotatable bonds is 9. The van der Waals surface area contributed by atoms with Crippen LogP contribution in [0.2, 0.25) is 0 Å². The Kier molecular flexibility index (Phi) is 10.3. The number of nitrogens with one attached hydrogen (secondary N) is 3. The fourth-order valence-electron chi connectivity index (χ4n) is 5.93. The Hall–Kier alpha value is -4.06. The molecule has 12 nitrogen and oxygen atoms in total. The molecule has 3 atom stereocenters. The summed E-state index contributed by atoms with van der Waals surface area (Å²) in [6.45, 7) is 7.32. The maximum Gasteiger partial charge on any atom is 0.407 e. The van der Waals surface area contributed by atoms with E-state index in [0.717, 1.165) is 25.7 Å². The number of nitrogens with zero attached hydrogens (tertiary/aromatic N) is 1. The molecule has 1 aromatic carbocycles. The first-order valence-electron chi connectivity index (χ1n) is 15.7. The second kappa shape index (κ2) is 14.4. The van der Waals surface area contributed by atoms with Gasteiger partial charge in [-0.3, -0.25) is 9.59 Å². The molecule has 2 fully saturated rings.